The van der Waals surface area contributed by atoms with Crippen molar-refractivity contribution in [1.82, 2.24) is 0 Å². The first-order valence-electron chi connectivity index (χ1n) is 12.5. The summed E-state index contributed by atoms with van der Waals surface area (Å²) in [7, 11) is 0. The molecule has 5 heteroatoms. The zero-order chi connectivity index (χ0) is 27.5. The molecule has 0 unspecified atom stereocenters. The summed E-state index contributed by atoms with van der Waals surface area (Å²) in [5.74, 6) is 2.15. The van der Waals surface area contributed by atoms with Crippen LogP contribution in [0.25, 0.3) is 6.08 Å². The van der Waals surface area contributed by atoms with Crippen molar-refractivity contribution >= 4 is 11.9 Å². The van der Waals surface area contributed by atoms with Gasteiger partial charge < -0.3 is 18.9 Å². The molecule has 2 aromatic rings. The number of benzene rings is 2. The third-order valence-corrected chi connectivity index (χ3v) is 4.30. The largest absolute Gasteiger partial charge is 0.488 e. The van der Waals surface area contributed by atoms with Crippen LogP contribution in [0, 0.1) is 0 Å². The summed E-state index contributed by atoms with van der Waals surface area (Å²) in [5.41, 5.74) is -0.520. The Morgan fingerprint density at radius 3 is 1.69 bits per heavy atom. The Hall–Kier alpha value is -2.95. The van der Waals surface area contributed by atoms with Gasteiger partial charge in [-0.25, -0.2) is 0 Å². The number of carbonyl (C=O) groups is 1. The van der Waals surface area contributed by atoms with Crippen LogP contribution in [-0.2, 0) is 0 Å². The Morgan fingerprint density at radius 2 is 1.17 bits per heavy atom. The molecule has 0 amide bonds. The van der Waals surface area contributed by atoms with Gasteiger partial charge in [0, 0.05) is 5.56 Å². The van der Waals surface area contributed by atoms with Gasteiger partial charge in [0.1, 0.15) is 33.9 Å². The highest BCUT2D eigenvalue weighted by Crippen LogP contribution is 2.37. The Kier molecular flexibility index (Phi) is 8.60. The molecular formula is C31H44O5. The molecule has 0 saturated heterocycles. The van der Waals surface area contributed by atoms with E-state index in [0.29, 0.717) is 28.6 Å². The van der Waals surface area contributed by atoms with Gasteiger partial charge in [-0.1, -0.05) is 6.07 Å². The Labute approximate surface area is 217 Å². The first-order valence-corrected chi connectivity index (χ1v) is 12.5. The van der Waals surface area contributed by atoms with Gasteiger partial charge in [0.25, 0.3) is 0 Å². The molecular weight excluding hydrogens is 452 g/mol. The molecule has 0 N–H and O–H groups in total. The number of ketones is 1. The maximum Gasteiger partial charge on any atom is 0.189 e. The second kappa shape index (κ2) is 10.6. The zero-order valence-electron chi connectivity index (χ0n) is 24.2. The van der Waals surface area contributed by atoms with E-state index >= 15 is 0 Å². The standard InChI is InChI=1S/C31H44O5/c1-28(2,3)33-22-17-19-25(34-29(4,5)6)21(20-22)16-18-24(32)23-14-13-15-26(35-30(7,8)9)27(23)36-31(10,11)12/h13-20H,1-12H3/b18-16+. The molecule has 2 rings (SSSR count). The van der Waals surface area contributed by atoms with Gasteiger partial charge in [0.15, 0.2) is 17.3 Å². The first kappa shape index (κ1) is 29.3. The molecule has 0 aromatic heterocycles. The highest BCUT2D eigenvalue weighted by molar-refractivity contribution is 6.09. The Balaban J connectivity index is 2.52. The third-order valence-electron chi connectivity index (χ3n) is 4.30. The van der Waals surface area contributed by atoms with Crippen LogP contribution in [0.15, 0.2) is 42.5 Å². The highest BCUT2D eigenvalue weighted by atomic mass is 16.5. The lowest BCUT2D eigenvalue weighted by Crippen LogP contribution is -2.27. The van der Waals surface area contributed by atoms with E-state index in [4.69, 9.17) is 18.9 Å². The van der Waals surface area contributed by atoms with Crippen LogP contribution in [-0.4, -0.2) is 28.2 Å². The van der Waals surface area contributed by atoms with Gasteiger partial charge in [0.05, 0.1) is 5.56 Å². The fourth-order valence-corrected chi connectivity index (χ4v) is 3.28. The molecule has 5 nitrogen and oxygen atoms in total. The number of ether oxygens (including phenoxy) is 4. The Bertz CT molecular complexity index is 1080. The average molecular weight is 497 g/mol. The molecule has 0 fully saturated rings. The maximum absolute atomic E-state index is 13.5. The summed E-state index contributed by atoms with van der Waals surface area (Å²) < 4.78 is 24.6. The van der Waals surface area contributed by atoms with Gasteiger partial charge in [-0.05, 0) is 126 Å². The number of rotatable bonds is 7. The van der Waals surface area contributed by atoms with Crippen LogP contribution >= 0.6 is 0 Å². The fourth-order valence-electron chi connectivity index (χ4n) is 3.28. The second-order valence-electron chi connectivity index (χ2n) is 12.9. The lowest BCUT2D eigenvalue weighted by atomic mass is 10.0. The third kappa shape index (κ3) is 9.96. The van der Waals surface area contributed by atoms with Gasteiger partial charge in [0.2, 0.25) is 0 Å². The van der Waals surface area contributed by atoms with E-state index in [1.165, 1.54) is 6.08 Å². The first-order chi connectivity index (χ1) is 16.2. The number of hydrogen-bond donors (Lipinski definition) is 0. The maximum atomic E-state index is 13.5. The normalized spacial score (nSPS) is 13.0. The molecule has 0 heterocycles. The molecule has 0 atom stereocenters. The summed E-state index contributed by atoms with van der Waals surface area (Å²) in [6.07, 6.45) is 3.30. The van der Waals surface area contributed by atoms with Crippen molar-refractivity contribution < 1.29 is 23.7 Å². The van der Waals surface area contributed by atoms with Crippen LogP contribution in [0.3, 0.4) is 0 Å². The molecule has 2 aromatic carbocycles. The number of para-hydroxylation sites is 1. The van der Waals surface area contributed by atoms with Crippen LogP contribution in [0.4, 0.5) is 0 Å². The summed E-state index contributed by atoms with van der Waals surface area (Å²) in [6, 6.07) is 11.0. The molecule has 0 aliphatic heterocycles. The minimum Gasteiger partial charge on any atom is -0.488 e. The molecule has 198 valence electrons. The predicted octanol–water partition coefficient (Wildman–Crippen LogP) is 8.29. The fraction of sp³-hybridized carbons (Fsp3) is 0.516. The number of carbonyl (C=O) groups excluding carboxylic acids is 1. The van der Waals surface area contributed by atoms with Crippen LogP contribution in [0.2, 0.25) is 0 Å². The van der Waals surface area contributed by atoms with Crippen LogP contribution < -0.4 is 18.9 Å². The van der Waals surface area contributed by atoms with Crippen molar-refractivity contribution in [2.24, 2.45) is 0 Å². The number of allylic oxidation sites excluding steroid dienone is 1. The van der Waals surface area contributed by atoms with E-state index in [-0.39, 0.29) is 11.4 Å². The summed E-state index contributed by atoms with van der Waals surface area (Å²) >= 11 is 0. The molecule has 0 radical (unpaired) electrons. The minimum atomic E-state index is -0.511. The van der Waals surface area contributed by atoms with Crippen molar-refractivity contribution in [3.63, 3.8) is 0 Å². The quantitative estimate of drug-likeness (QED) is 0.285. The SMILES string of the molecule is CC(C)(C)Oc1ccc(OC(C)(C)C)c(/C=C/C(=O)c2cccc(OC(C)(C)C)c2OC(C)(C)C)c1. The van der Waals surface area contributed by atoms with Gasteiger partial charge in [-0.3, -0.25) is 4.79 Å². The second-order valence-corrected chi connectivity index (χ2v) is 12.9. The van der Waals surface area contributed by atoms with Crippen molar-refractivity contribution in [3.05, 3.63) is 53.6 Å². The van der Waals surface area contributed by atoms with E-state index < -0.39 is 16.8 Å². The topological polar surface area (TPSA) is 54.0 Å². The molecule has 0 saturated carbocycles. The molecule has 36 heavy (non-hydrogen) atoms. The number of hydrogen-bond acceptors (Lipinski definition) is 5. The zero-order valence-corrected chi connectivity index (χ0v) is 24.2. The van der Waals surface area contributed by atoms with E-state index in [2.05, 4.69) is 0 Å². The van der Waals surface area contributed by atoms with Crippen molar-refractivity contribution in [2.75, 3.05) is 0 Å². The molecule has 0 bridgehead atoms. The lowest BCUT2D eigenvalue weighted by molar-refractivity contribution is 0.0910. The van der Waals surface area contributed by atoms with Crippen molar-refractivity contribution in [2.45, 2.75) is 105 Å². The summed E-state index contributed by atoms with van der Waals surface area (Å²) in [5, 5.41) is 0. The van der Waals surface area contributed by atoms with E-state index in [0.717, 1.165) is 5.56 Å². The van der Waals surface area contributed by atoms with Gasteiger partial charge in [-0.15, -0.1) is 0 Å². The van der Waals surface area contributed by atoms with Crippen molar-refractivity contribution in [3.8, 4) is 23.0 Å². The van der Waals surface area contributed by atoms with Gasteiger partial charge >= 0.3 is 0 Å². The van der Waals surface area contributed by atoms with Crippen molar-refractivity contribution in [1.29, 1.82) is 0 Å². The molecule has 0 aliphatic carbocycles. The van der Waals surface area contributed by atoms with E-state index in [9.17, 15) is 4.79 Å². The molecule has 0 spiro atoms. The average Bonchev–Trinajstić information content (AvgIpc) is 2.64. The van der Waals surface area contributed by atoms with Crippen LogP contribution in [0.1, 0.15) is 99.0 Å². The smallest absolute Gasteiger partial charge is 0.189 e. The predicted molar refractivity (Wildman–Crippen MR) is 148 cm³/mol. The highest BCUT2D eigenvalue weighted by Gasteiger charge is 2.24. The monoisotopic (exact) mass is 496 g/mol. The summed E-state index contributed by atoms with van der Waals surface area (Å²) in [4.78, 5) is 13.5. The Morgan fingerprint density at radius 1 is 0.639 bits per heavy atom. The minimum absolute atomic E-state index is 0.197. The van der Waals surface area contributed by atoms with Gasteiger partial charge in [-0.2, -0.15) is 0 Å². The van der Waals surface area contributed by atoms with E-state index in [1.807, 2.05) is 113 Å². The summed E-state index contributed by atoms with van der Waals surface area (Å²) in [6.45, 7) is 23.7. The molecule has 0 aliphatic rings. The lowest BCUT2D eigenvalue weighted by Gasteiger charge is -2.28. The van der Waals surface area contributed by atoms with E-state index in [1.54, 1.807) is 12.1 Å². The van der Waals surface area contributed by atoms with Crippen LogP contribution in [0.5, 0.6) is 23.0 Å².